The lowest BCUT2D eigenvalue weighted by atomic mass is 10.0. The van der Waals surface area contributed by atoms with Crippen LogP contribution < -0.4 is 10.1 Å². The smallest absolute Gasteiger partial charge is 0.125 e. The fraction of sp³-hybridized carbons (Fsp3) is 0.412. The Bertz CT molecular complexity index is 603. The van der Waals surface area contributed by atoms with Crippen LogP contribution in [0.2, 0.25) is 0 Å². The van der Waals surface area contributed by atoms with Crippen molar-refractivity contribution in [2.75, 3.05) is 7.05 Å². The van der Waals surface area contributed by atoms with E-state index in [1.165, 1.54) is 11.1 Å². The zero-order valence-electron chi connectivity index (χ0n) is 12.3. The summed E-state index contributed by atoms with van der Waals surface area (Å²) in [5.74, 6) is 3.01. The molecule has 0 aliphatic carbocycles. The van der Waals surface area contributed by atoms with Gasteiger partial charge in [-0.3, -0.25) is 0 Å². The Balaban J connectivity index is 1.92. The van der Waals surface area contributed by atoms with E-state index in [1.54, 1.807) is 0 Å². The SMILES string of the molecule is CCc1ccc(C(NC)c2ccc3c(c2)CC(C)O3)o1. The first kappa shape index (κ1) is 13.3. The Labute approximate surface area is 119 Å². The molecule has 1 aromatic heterocycles. The number of aryl methyl sites for hydroxylation is 1. The lowest BCUT2D eigenvalue weighted by Gasteiger charge is -2.15. The highest BCUT2D eigenvalue weighted by atomic mass is 16.5. The molecule has 3 heteroatoms. The summed E-state index contributed by atoms with van der Waals surface area (Å²) in [5, 5.41) is 3.34. The molecular formula is C17H21NO2. The molecule has 1 N–H and O–H groups in total. The molecule has 20 heavy (non-hydrogen) atoms. The van der Waals surface area contributed by atoms with Crippen molar-refractivity contribution >= 4 is 0 Å². The zero-order valence-corrected chi connectivity index (χ0v) is 12.3. The average Bonchev–Trinajstić information content (AvgIpc) is 3.04. The van der Waals surface area contributed by atoms with Crippen LogP contribution in [0.4, 0.5) is 0 Å². The Morgan fingerprint density at radius 2 is 2.15 bits per heavy atom. The number of hydrogen-bond donors (Lipinski definition) is 1. The highest BCUT2D eigenvalue weighted by Crippen LogP contribution is 2.33. The van der Waals surface area contributed by atoms with Crippen LogP contribution >= 0.6 is 0 Å². The molecule has 3 nitrogen and oxygen atoms in total. The third-order valence-corrected chi connectivity index (χ3v) is 3.86. The van der Waals surface area contributed by atoms with Gasteiger partial charge in [-0.15, -0.1) is 0 Å². The molecular weight excluding hydrogens is 250 g/mol. The minimum absolute atomic E-state index is 0.0940. The van der Waals surface area contributed by atoms with Crippen molar-refractivity contribution in [3.63, 3.8) is 0 Å². The van der Waals surface area contributed by atoms with E-state index in [0.717, 1.165) is 30.1 Å². The van der Waals surface area contributed by atoms with Gasteiger partial charge in [0.15, 0.2) is 0 Å². The molecule has 0 saturated carbocycles. The first-order valence-corrected chi connectivity index (χ1v) is 7.26. The fourth-order valence-corrected chi connectivity index (χ4v) is 2.83. The monoisotopic (exact) mass is 271 g/mol. The third-order valence-electron chi connectivity index (χ3n) is 3.86. The standard InChI is InChI=1S/C17H21NO2/c1-4-14-6-8-16(20-14)17(18-3)12-5-7-15-13(10-12)9-11(2)19-15/h5-8,10-11,17-18H,4,9H2,1-3H3. The Morgan fingerprint density at radius 1 is 1.30 bits per heavy atom. The van der Waals surface area contributed by atoms with Crippen LogP contribution in [0.15, 0.2) is 34.7 Å². The van der Waals surface area contributed by atoms with Crippen LogP contribution in [0.25, 0.3) is 0 Å². The molecule has 1 aliphatic heterocycles. The van der Waals surface area contributed by atoms with Crippen LogP contribution in [0.5, 0.6) is 5.75 Å². The van der Waals surface area contributed by atoms with E-state index in [4.69, 9.17) is 9.15 Å². The third kappa shape index (κ3) is 2.34. The number of rotatable bonds is 4. The molecule has 0 fully saturated rings. The van der Waals surface area contributed by atoms with Gasteiger partial charge >= 0.3 is 0 Å². The summed E-state index contributed by atoms with van der Waals surface area (Å²) in [6, 6.07) is 10.6. The predicted molar refractivity (Wildman–Crippen MR) is 79.2 cm³/mol. The first-order valence-electron chi connectivity index (χ1n) is 7.26. The van der Waals surface area contributed by atoms with Crippen molar-refractivity contribution < 1.29 is 9.15 Å². The number of hydrogen-bond acceptors (Lipinski definition) is 3. The molecule has 0 spiro atoms. The van der Waals surface area contributed by atoms with Gasteiger partial charge in [-0.25, -0.2) is 0 Å². The van der Waals surface area contributed by atoms with E-state index in [2.05, 4.69) is 49.5 Å². The minimum atomic E-state index is 0.0940. The van der Waals surface area contributed by atoms with Gasteiger partial charge in [-0.05, 0) is 49.4 Å². The van der Waals surface area contributed by atoms with Crippen molar-refractivity contribution in [1.82, 2.24) is 5.32 Å². The number of nitrogens with one attached hydrogen (secondary N) is 1. The summed E-state index contributed by atoms with van der Waals surface area (Å²) in [6.07, 6.45) is 2.19. The van der Waals surface area contributed by atoms with Gasteiger partial charge in [-0.2, -0.15) is 0 Å². The maximum atomic E-state index is 5.89. The van der Waals surface area contributed by atoms with Crippen molar-refractivity contribution in [3.05, 3.63) is 53.0 Å². The maximum absolute atomic E-state index is 5.89. The lowest BCUT2D eigenvalue weighted by Crippen LogP contribution is -2.17. The van der Waals surface area contributed by atoms with Crippen molar-refractivity contribution in [1.29, 1.82) is 0 Å². The van der Waals surface area contributed by atoms with Gasteiger partial charge < -0.3 is 14.5 Å². The van der Waals surface area contributed by atoms with Crippen LogP contribution in [0.1, 0.15) is 42.5 Å². The zero-order chi connectivity index (χ0) is 14.1. The minimum Gasteiger partial charge on any atom is -0.490 e. The second kappa shape index (κ2) is 5.33. The van der Waals surface area contributed by atoms with Gasteiger partial charge in [0, 0.05) is 12.8 Å². The van der Waals surface area contributed by atoms with E-state index in [-0.39, 0.29) is 12.1 Å². The quantitative estimate of drug-likeness (QED) is 0.924. The molecule has 1 aromatic carbocycles. The van der Waals surface area contributed by atoms with Crippen LogP contribution in [0.3, 0.4) is 0 Å². The molecule has 3 rings (SSSR count). The fourth-order valence-electron chi connectivity index (χ4n) is 2.83. The van der Waals surface area contributed by atoms with Gasteiger partial charge in [0.05, 0.1) is 6.04 Å². The summed E-state index contributed by atoms with van der Waals surface area (Å²) in [4.78, 5) is 0. The van der Waals surface area contributed by atoms with Crippen LogP contribution in [-0.2, 0) is 12.8 Å². The molecule has 2 heterocycles. The number of benzene rings is 1. The number of ether oxygens (including phenoxy) is 1. The van der Waals surface area contributed by atoms with Gasteiger partial charge in [-0.1, -0.05) is 13.0 Å². The summed E-state index contributed by atoms with van der Waals surface area (Å²) < 4.78 is 11.6. The Kier molecular flexibility index (Phi) is 3.53. The first-order chi connectivity index (χ1) is 9.71. The largest absolute Gasteiger partial charge is 0.490 e. The second-order valence-corrected chi connectivity index (χ2v) is 5.38. The molecule has 106 valence electrons. The molecule has 2 aromatic rings. The molecule has 2 unspecified atom stereocenters. The van der Waals surface area contributed by atoms with Gasteiger partial charge in [0.25, 0.3) is 0 Å². The van der Waals surface area contributed by atoms with E-state index < -0.39 is 0 Å². The van der Waals surface area contributed by atoms with E-state index in [9.17, 15) is 0 Å². The second-order valence-electron chi connectivity index (χ2n) is 5.38. The number of fused-ring (bicyclic) bond motifs is 1. The van der Waals surface area contributed by atoms with Crippen molar-refractivity contribution in [3.8, 4) is 5.75 Å². The van der Waals surface area contributed by atoms with E-state index >= 15 is 0 Å². The van der Waals surface area contributed by atoms with Crippen LogP contribution in [0, 0.1) is 0 Å². The van der Waals surface area contributed by atoms with Gasteiger partial charge in [0.1, 0.15) is 23.4 Å². The van der Waals surface area contributed by atoms with E-state index in [1.807, 2.05) is 7.05 Å². The topological polar surface area (TPSA) is 34.4 Å². The van der Waals surface area contributed by atoms with Crippen molar-refractivity contribution in [2.45, 2.75) is 38.8 Å². The molecule has 0 amide bonds. The lowest BCUT2D eigenvalue weighted by molar-refractivity contribution is 0.254. The van der Waals surface area contributed by atoms with Crippen LogP contribution in [-0.4, -0.2) is 13.2 Å². The van der Waals surface area contributed by atoms with E-state index in [0.29, 0.717) is 0 Å². The molecule has 2 atom stereocenters. The Hall–Kier alpha value is -1.74. The Morgan fingerprint density at radius 3 is 2.85 bits per heavy atom. The van der Waals surface area contributed by atoms with Crippen molar-refractivity contribution in [2.24, 2.45) is 0 Å². The molecule has 1 aliphatic rings. The summed E-state index contributed by atoms with van der Waals surface area (Å²) in [5.41, 5.74) is 2.51. The molecule has 0 saturated heterocycles. The highest BCUT2D eigenvalue weighted by Gasteiger charge is 2.22. The summed E-state index contributed by atoms with van der Waals surface area (Å²) in [7, 11) is 1.96. The van der Waals surface area contributed by atoms with Gasteiger partial charge in [0.2, 0.25) is 0 Å². The molecule has 0 bridgehead atoms. The normalized spacial score (nSPS) is 18.6. The predicted octanol–water partition coefficient (Wildman–Crippen LogP) is 3.47. The summed E-state index contributed by atoms with van der Waals surface area (Å²) >= 11 is 0. The number of furan rings is 1. The highest BCUT2D eigenvalue weighted by molar-refractivity contribution is 5.43. The maximum Gasteiger partial charge on any atom is 0.125 e. The average molecular weight is 271 g/mol. The molecule has 0 radical (unpaired) electrons. The summed E-state index contributed by atoms with van der Waals surface area (Å²) in [6.45, 7) is 4.21.